The smallest absolute Gasteiger partial charge is 0.305 e. The van der Waals surface area contributed by atoms with Gasteiger partial charge in [0.05, 0.1) is 17.5 Å². The first kappa shape index (κ1) is 15.1. The number of carbonyl (C=O) groups is 2. The van der Waals surface area contributed by atoms with Gasteiger partial charge in [-0.3, -0.25) is 19.4 Å². The lowest BCUT2D eigenvalue weighted by molar-refractivity contribution is -0.139. The maximum absolute atomic E-state index is 12.2. The van der Waals surface area contributed by atoms with Crippen molar-refractivity contribution in [2.24, 2.45) is 0 Å². The summed E-state index contributed by atoms with van der Waals surface area (Å²) in [5, 5.41) is 21.1. The second-order valence-electron chi connectivity index (χ2n) is 5.48. The van der Waals surface area contributed by atoms with Gasteiger partial charge in [0.15, 0.2) is 5.88 Å². The van der Waals surface area contributed by atoms with Crippen LogP contribution in [-0.4, -0.2) is 32.6 Å². The van der Waals surface area contributed by atoms with Gasteiger partial charge in [-0.1, -0.05) is 19.3 Å². The number of rotatable bonds is 4. The van der Waals surface area contributed by atoms with Gasteiger partial charge in [-0.25, -0.2) is 0 Å². The normalized spacial score (nSPS) is 17.1. The number of aromatic nitrogens is 1. The highest BCUT2D eigenvalue weighted by Gasteiger charge is 2.36. The van der Waals surface area contributed by atoms with Crippen LogP contribution in [0.5, 0.6) is 5.88 Å². The number of amides is 1. The van der Waals surface area contributed by atoms with Crippen molar-refractivity contribution >= 4 is 11.9 Å². The van der Waals surface area contributed by atoms with Crippen LogP contribution in [-0.2, 0) is 4.79 Å². The Bertz CT molecular complexity index is 602. The van der Waals surface area contributed by atoms with E-state index in [1.54, 1.807) is 0 Å². The molecule has 1 aromatic heterocycles. The molecule has 1 aromatic rings. The summed E-state index contributed by atoms with van der Waals surface area (Å²) in [6, 6.07) is 2.22. The lowest BCUT2D eigenvalue weighted by atomic mass is 9.79. The van der Waals surface area contributed by atoms with Crippen molar-refractivity contribution < 1.29 is 19.8 Å². The molecule has 0 spiro atoms. The number of nitrogens with one attached hydrogen (secondary N) is 2. The van der Waals surface area contributed by atoms with Gasteiger partial charge < -0.3 is 15.5 Å². The fourth-order valence-corrected chi connectivity index (χ4v) is 2.84. The van der Waals surface area contributed by atoms with E-state index in [1.165, 1.54) is 0 Å². The summed E-state index contributed by atoms with van der Waals surface area (Å²) in [5.74, 6) is -1.91. The van der Waals surface area contributed by atoms with Crippen LogP contribution in [0.25, 0.3) is 0 Å². The summed E-state index contributed by atoms with van der Waals surface area (Å²) in [5.41, 5.74) is -1.35. The number of carboxylic acids is 1. The standard InChI is InChI=1S/C14H18N2O5/c17-10-6-9(7-11(18)15-10)13(21)16-14(8-12(19)20)4-2-1-3-5-14/h6-7H,1-5,8H2,(H,16,21)(H,19,20)(H2,15,17,18). The fraction of sp³-hybridized carbons (Fsp3) is 0.500. The van der Waals surface area contributed by atoms with Crippen LogP contribution >= 0.6 is 0 Å². The van der Waals surface area contributed by atoms with Gasteiger partial charge in [0.25, 0.3) is 11.5 Å². The van der Waals surface area contributed by atoms with Crippen LogP contribution in [0, 0.1) is 0 Å². The molecule has 0 aliphatic heterocycles. The summed E-state index contributed by atoms with van der Waals surface area (Å²) in [6.45, 7) is 0. The fourth-order valence-electron chi connectivity index (χ4n) is 2.84. The highest BCUT2D eigenvalue weighted by molar-refractivity contribution is 5.95. The summed E-state index contributed by atoms with van der Waals surface area (Å²) in [6.07, 6.45) is 3.78. The summed E-state index contributed by atoms with van der Waals surface area (Å²) < 4.78 is 0. The molecule has 0 bridgehead atoms. The minimum atomic E-state index is -0.967. The van der Waals surface area contributed by atoms with Crippen molar-refractivity contribution in [2.75, 3.05) is 0 Å². The third-order valence-corrected chi connectivity index (χ3v) is 3.77. The maximum Gasteiger partial charge on any atom is 0.305 e. The zero-order chi connectivity index (χ0) is 15.5. The van der Waals surface area contributed by atoms with Crippen LogP contribution in [0.15, 0.2) is 16.9 Å². The second-order valence-corrected chi connectivity index (χ2v) is 5.48. The SMILES string of the molecule is O=C(O)CC1(NC(=O)c2cc(O)[nH]c(=O)c2)CCCCC1. The lowest BCUT2D eigenvalue weighted by Crippen LogP contribution is -2.51. The average molecular weight is 294 g/mol. The van der Waals surface area contributed by atoms with Gasteiger partial charge >= 0.3 is 5.97 Å². The number of carboxylic acid groups (broad SMARTS) is 1. The molecule has 4 N–H and O–H groups in total. The van der Waals surface area contributed by atoms with Gasteiger partial charge in [0.1, 0.15) is 0 Å². The van der Waals surface area contributed by atoms with Crippen molar-refractivity contribution in [1.29, 1.82) is 0 Å². The number of aromatic hydroxyl groups is 1. The number of H-pyrrole nitrogens is 1. The van der Waals surface area contributed by atoms with Crippen LogP contribution in [0.1, 0.15) is 48.9 Å². The average Bonchev–Trinajstić information content (AvgIpc) is 2.37. The zero-order valence-electron chi connectivity index (χ0n) is 11.5. The molecule has 1 heterocycles. The summed E-state index contributed by atoms with van der Waals surface area (Å²) in [4.78, 5) is 36.7. The van der Waals surface area contributed by atoms with E-state index in [2.05, 4.69) is 10.3 Å². The van der Waals surface area contributed by atoms with E-state index < -0.39 is 28.9 Å². The molecule has 0 unspecified atom stereocenters. The molecule has 21 heavy (non-hydrogen) atoms. The van der Waals surface area contributed by atoms with Crippen molar-refractivity contribution in [3.8, 4) is 5.88 Å². The zero-order valence-corrected chi connectivity index (χ0v) is 11.5. The summed E-state index contributed by atoms with van der Waals surface area (Å²) in [7, 11) is 0. The molecule has 7 nitrogen and oxygen atoms in total. The molecule has 1 saturated carbocycles. The Balaban J connectivity index is 2.21. The van der Waals surface area contributed by atoms with Gasteiger partial charge in [0, 0.05) is 12.1 Å². The molecule has 114 valence electrons. The first-order valence-corrected chi connectivity index (χ1v) is 6.88. The lowest BCUT2D eigenvalue weighted by Gasteiger charge is -2.37. The van der Waals surface area contributed by atoms with Gasteiger partial charge in [-0.2, -0.15) is 0 Å². The van der Waals surface area contributed by atoms with Gasteiger partial charge in [-0.15, -0.1) is 0 Å². The van der Waals surface area contributed by atoms with Crippen molar-refractivity contribution in [1.82, 2.24) is 10.3 Å². The largest absolute Gasteiger partial charge is 0.494 e. The van der Waals surface area contributed by atoms with E-state index in [9.17, 15) is 19.5 Å². The molecule has 1 amide bonds. The molecule has 0 atom stereocenters. The number of carbonyl (C=O) groups excluding carboxylic acids is 1. The molecule has 0 radical (unpaired) electrons. The van der Waals surface area contributed by atoms with Crippen LogP contribution in [0.3, 0.4) is 0 Å². The minimum Gasteiger partial charge on any atom is -0.494 e. The Morgan fingerprint density at radius 1 is 1.24 bits per heavy atom. The van der Waals surface area contributed by atoms with Crippen molar-refractivity contribution in [3.63, 3.8) is 0 Å². The van der Waals surface area contributed by atoms with Crippen LogP contribution < -0.4 is 10.9 Å². The molecule has 2 rings (SSSR count). The van der Waals surface area contributed by atoms with E-state index in [4.69, 9.17) is 5.11 Å². The highest BCUT2D eigenvalue weighted by atomic mass is 16.4. The van der Waals surface area contributed by atoms with Crippen LogP contribution in [0.4, 0.5) is 0 Å². The molecule has 1 aliphatic carbocycles. The van der Waals surface area contributed by atoms with E-state index in [0.29, 0.717) is 12.8 Å². The first-order chi connectivity index (χ1) is 9.90. The Kier molecular flexibility index (Phi) is 4.30. The number of aliphatic carboxylic acids is 1. The predicted molar refractivity (Wildman–Crippen MR) is 74.3 cm³/mol. The van der Waals surface area contributed by atoms with Gasteiger partial charge in [-0.05, 0) is 12.8 Å². The molecule has 0 aromatic carbocycles. The number of pyridine rings is 1. The third-order valence-electron chi connectivity index (χ3n) is 3.77. The predicted octanol–water partition coefficient (Wildman–Crippen LogP) is 0.988. The van der Waals surface area contributed by atoms with Crippen molar-refractivity contribution in [3.05, 3.63) is 28.0 Å². The third kappa shape index (κ3) is 3.84. The number of hydrogen-bond donors (Lipinski definition) is 4. The van der Waals surface area contributed by atoms with Crippen LogP contribution in [0.2, 0.25) is 0 Å². The second kappa shape index (κ2) is 5.99. The maximum atomic E-state index is 12.2. The molecule has 0 saturated heterocycles. The topological polar surface area (TPSA) is 119 Å². The first-order valence-electron chi connectivity index (χ1n) is 6.88. The molecular weight excluding hydrogens is 276 g/mol. The molecule has 7 heteroatoms. The molecule has 1 fully saturated rings. The van der Waals surface area contributed by atoms with E-state index >= 15 is 0 Å². The van der Waals surface area contributed by atoms with E-state index in [-0.39, 0.29) is 12.0 Å². The summed E-state index contributed by atoms with van der Waals surface area (Å²) >= 11 is 0. The Morgan fingerprint density at radius 3 is 2.48 bits per heavy atom. The number of aromatic amines is 1. The Labute approximate surface area is 121 Å². The van der Waals surface area contributed by atoms with E-state index in [1.807, 2.05) is 0 Å². The Morgan fingerprint density at radius 2 is 1.90 bits per heavy atom. The molecule has 1 aliphatic rings. The van der Waals surface area contributed by atoms with Crippen molar-refractivity contribution in [2.45, 2.75) is 44.1 Å². The van der Waals surface area contributed by atoms with E-state index in [0.717, 1.165) is 31.4 Å². The monoisotopic (exact) mass is 294 g/mol. The number of hydrogen-bond acceptors (Lipinski definition) is 4. The van der Waals surface area contributed by atoms with Gasteiger partial charge in [0.2, 0.25) is 0 Å². The quantitative estimate of drug-likeness (QED) is 0.660. The Hall–Kier alpha value is -2.31. The molecular formula is C14H18N2O5. The highest BCUT2D eigenvalue weighted by Crippen LogP contribution is 2.31. The minimum absolute atomic E-state index is 0.0200.